The number of aryl methyl sites for hydroxylation is 1. The molecule has 0 bridgehead atoms. The fourth-order valence-corrected chi connectivity index (χ4v) is 4.20. The molecule has 4 nitrogen and oxygen atoms in total. The van der Waals surface area contributed by atoms with E-state index in [9.17, 15) is 4.79 Å². The molecule has 0 spiro atoms. The Hall–Kier alpha value is -2.98. The molecule has 4 rings (SSSR count). The summed E-state index contributed by atoms with van der Waals surface area (Å²) in [4.78, 5) is 13.0. The Morgan fingerprint density at radius 2 is 1.79 bits per heavy atom. The summed E-state index contributed by atoms with van der Waals surface area (Å²) in [6, 6.07) is 17.7. The lowest BCUT2D eigenvalue weighted by atomic mass is 10.0. The van der Waals surface area contributed by atoms with E-state index in [0.29, 0.717) is 23.6 Å². The molecule has 0 saturated heterocycles. The number of carbonyl (C=O) groups excluding carboxylic acids is 1. The van der Waals surface area contributed by atoms with E-state index in [1.165, 1.54) is 0 Å². The van der Waals surface area contributed by atoms with Gasteiger partial charge in [0.1, 0.15) is 5.75 Å². The van der Waals surface area contributed by atoms with Gasteiger partial charge < -0.3 is 14.0 Å². The fourth-order valence-electron chi connectivity index (χ4n) is 3.98. The molecule has 0 aliphatic rings. The second-order valence-corrected chi connectivity index (χ2v) is 7.36. The third-order valence-electron chi connectivity index (χ3n) is 5.24. The van der Waals surface area contributed by atoms with Crippen molar-refractivity contribution in [3.63, 3.8) is 0 Å². The Balaban J connectivity index is 2.05. The highest BCUT2D eigenvalue weighted by Gasteiger charge is 2.25. The molecular weight excluding hydrogens is 386 g/mol. The predicted molar refractivity (Wildman–Crippen MR) is 117 cm³/mol. The SMILES string of the molecule is CCOC(=O)c1c(Cc2cccc(Cl)c2)n(C)c2c1cc(OC)c1ccccc12. The number of ether oxygens (including phenoxy) is 2. The Morgan fingerprint density at radius 3 is 2.48 bits per heavy atom. The number of hydrogen-bond acceptors (Lipinski definition) is 3. The molecule has 0 radical (unpaired) electrons. The maximum atomic E-state index is 13.0. The highest BCUT2D eigenvalue weighted by Crippen LogP contribution is 2.38. The summed E-state index contributed by atoms with van der Waals surface area (Å²) in [5.74, 6) is 0.408. The van der Waals surface area contributed by atoms with Crippen LogP contribution in [0.15, 0.2) is 54.6 Å². The highest BCUT2D eigenvalue weighted by molar-refractivity contribution is 6.30. The van der Waals surface area contributed by atoms with Crippen molar-refractivity contribution in [2.75, 3.05) is 13.7 Å². The zero-order valence-electron chi connectivity index (χ0n) is 16.7. The first-order valence-corrected chi connectivity index (χ1v) is 9.91. The van der Waals surface area contributed by atoms with Gasteiger partial charge in [0.2, 0.25) is 0 Å². The predicted octanol–water partition coefficient (Wildman–Crippen LogP) is 5.76. The maximum Gasteiger partial charge on any atom is 0.340 e. The summed E-state index contributed by atoms with van der Waals surface area (Å²) >= 11 is 6.18. The quantitative estimate of drug-likeness (QED) is 0.395. The van der Waals surface area contributed by atoms with Crippen LogP contribution in [-0.2, 0) is 18.2 Å². The van der Waals surface area contributed by atoms with Crippen LogP contribution in [0.25, 0.3) is 21.7 Å². The monoisotopic (exact) mass is 407 g/mol. The first kappa shape index (κ1) is 19.3. The van der Waals surface area contributed by atoms with Crippen LogP contribution in [0, 0.1) is 0 Å². The lowest BCUT2D eigenvalue weighted by Crippen LogP contribution is -2.09. The molecule has 0 atom stereocenters. The van der Waals surface area contributed by atoms with E-state index < -0.39 is 0 Å². The molecule has 0 aliphatic carbocycles. The molecule has 0 N–H and O–H groups in total. The zero-order valence-corrected chi connectivity index (χ0v) is 17.4. The summed E-state index contributed by atoms with van der Waals surface area (Å²) in [7, 11) is 3.64. The molecule has 3 aromatic carbocycles. The van der Waals surface area contributed by atoms with Crippen LogP contribution in [0.5, 0.6) is 5.75 Å². The van der Waals surface area contributed by atoms with E-state index in [0.717, 1.165) is 38.7 Å². The number of aromatic nitrogens is 1. The van der Waals surface area contributed by atoms with Crippen molar-refractivity contribution in [1.82, 2.24) is 4.57 Å². The molecule has 1 aromatic heterocycles. The number of carbonyl (C=O) groups is 1. The molecule has 4 aromatic rings. The van der Waals surface area contributed by atoms with Crippen LogP contribution in [0.4, 0.5) is 0 Å². The fraction of sp³-hybridized carbons (Fsp3) is 0.208. The first-order valence-electron chi connectivity index (χ1n) is 9.53. The normalized spacial score (nSPS) is 11.2. The van der Waals surface area contributed by atoms with E-state index in [2.05, 4.69) is 10.6 Å². The zero-order chi connectivity index (χ0) is 20.5. The molecule has 0 aliphatic heterocycles. The minimum absolute atomic E-state index is 0.316. The summed E-state index contributed by atoms with van der Waals surface area (Å²) in [5, 5.41) is 3.55. The molecule has 1 heterocycles. The van der Waals surface area contributed by atoms with Gasteiger partial charge in [-0.05, 0) is 30.7 Å². The van der Waals surface area contributed by atoms with E-state index in [1.54, 1.807) is 7.11 Å². The molecule has 148 valence electrons. The third kappa shape index (κ3) is 3.34. The van der Waals surface area contributed by atoms with E-state index >= 15 is 0 Å². The van der Waals surface area contributed by atoms with E-state index in [-0.39, 0.29) is 5.97 Å². The smallest absolute Gasteiger partial charge is 0.340 e. The van der Waals surface area contributed by atoms with Crippen molar-refractivity contribution in [1.29, 1.82) is 0 Å². The van der Waals surface area contributed by atoms with Gasteiger partial charge in [-0.3, -0.25) is 0 Å². The van der Waals surface area contributed by atoms with Gasteiger partial charge in [0.25, 0.3) is 0 Å². The standard InChI is InChI=1S/C24H22ClNO3/c1-4-29-24(27)22-19-14-21(28-3)17-10-5-6-11-18(17)23(19)26(2)20(22)13-15-8-7-9-16(25)12-15/h5-12,14H,4,13H2,1-3H3. The summed E-state index contributed by atoms with van der Waals surface area (Å²) < 4.78 is 13.1. The molecule has 0 unspecified atom stereocenters. The molecular formula is C24H22ClNO3. The van der Waals surface area contributed by atoms with Gasteiger partial charge in [-0.2, -0.15) is 0 Å². The topological polar surface area (TPSA) is 40.5 Å². The Morgan fingerprint density at radius 1 is 1.03 bits per heavy atom. The average Bonchev–Trinajstić information content (AvgIpc) is 2.99. The molecule has 5 heteroatoms. The van der Waals surface area contributed by atoms with Gasteiger partial charge in [-0.15, -0.1) is 0 Å². The number of methoxy groups -OCH3 is 1. The van der Waals surface area contributed by atoms with Crippen molar-refractivity contribution in [2.45, 2.75) is 13.3 Å². The maximum absolute atomic E-state index is 13.0. The average molecular weight is 408 g/mol. The molecule has 0 saturated carbocycles. The molecule has 29 heavy (non-hydrogen) atoms. The van der Waals surface area contributed by atoms with Crippen molar-refractivity contribution in [2.24, 2.45) is 7.05 Å². The molecule has 0 fully saturated rings. The minimum atomic E-state index is -0.326. The lowest BCUT2D eigenvalue weighted by molar-refractivity contribution is 0.0527. The number of esters is 1. The second-order valence-electron chi connectivity index (χ2n) is 6.93. The first-order chi connectivity index (χ1) is 14.0. The molecule has 0 amide bonds. The van der Waals surface area contributed by atoms with Gasteiger partial charge in [0.05, 0.1) is 24.8 Å². The van der Waals surface area contributed by atoms with Crippen LogP contribution in [-0.4, -0.2) is 24.3 Å². The lowest BCUT2D eigenvalue weighted by Gasteiger charge is -2.09. The van der Waals surface area contributed by atoms with Crippen molar-refractivity contribution in [3.05, 3.63) is 76.4 Å². The van der Waals surface area contributed by atoms with Crippen LogP contribution in [0.3, 0.4) is 0 Å². The largest absolute Gasteiger partial charge is 0.496 e. The number of nitrogens with zero attached hydrogens (tertiary/aromatic N) is 1. The van der Waals surface area contributed by atoms with Crippen LogP contribution in [0.1, 0.15) is 28.5 Å². The van der Waals surface area contributed by atoms with Gasteiger partial charge in [-0.1, -0.05) is 48.0 Å². The Labute approximate surface area is 174 Å². The number of rotatable bonds is 5. The van der Waals surface area contributed by atoms with Crippen LogP contribution in [0.2, 0.25) is 5.02 Å². The minimum Gasteiger partial charge on any atom is -0.496 e. The summed E-state index contributed by atoms with van der Waals surface area (Å²) in [6.07, 6.45) is 0.566. The van der Waals surface area contributed by atoms with Gasteiger partial charge in [0.15, 0.2) is 0 Å². The number of halogens is 1. The number of fused-ring (bicyclic) bond motifs is 3. The van der Waals surface area contributed by atoms with Gasteiger partial charge in [-0.25, -0.2) is 4.79 Å². The second kappa shape index (κ2) is 7.80. The van der Waals surface area contributed by atoms with E-state index in [4.69, 9.17) is 21.1 Å². The van der Waals surface area contributed by atoms with Gasteiger partial charge >= 0.3 is 5.97 Å². The summed E-state index contributed by atoms with van der Waals surface area (Å²) in [6.45, 7) is 2.13. The van der Waals surface area contributed by atoms with Gasteiger partial charge in [0, 0.05) is 40.3 Å². The third-order valence-corrected chi connectivity index (χ3v) is 5.47. The number of hydrogen-bond donors (Lipinski definition) is 0. The highest BCUT2D eigenvalue weighted by atomic mass is 35.5. The number of benzene rings is 3. The van der Waals surface area contributed by atoms with Crippen LogP contribution >= 0.6 is 11.6 Å². The summed E-state index contributed by atoms with van der Waals surface area (Å²) in [5.41, 5.74) is 3.49. The van der Waals surface area contributed by atoms with E-state index in [1.807, 2.05) is 62.5 Å². The Bertz CT molecular complexity index is 1230. The van der Waals surface area contributed by atoms with Crippen molar-refractivity contribution in [3.8, 4) is 5.75 Å². The Kier molecular flexibility index (Phi) is 5.20. The van der Waals surface area contributed by atoms with Crippen molar-refractivity contribution < 1.29 is 14.3 Å². The van der Waals surface area contributed by atoms with Crippen LogP contribution < -0.4 is 4.74 Å². The van der Waals surface area contributed by atoms with Crippen molar-refractivity contribution >= 4 is 39.2 Å².